The van der Waals surface area contributed by atoms with Gasteiger partial charge in [-0.2, -0.15) is 5.10 Å². The molecule has 1 saturated heterocycles. The Morgan fingerprint density at radius 1 is 1.39 bits per heavy atom. The van der Waals surface area contributed by atoms with Crippen molar-refractivity contribution in [1.29, 1.82) is 0 Å². The largest absolute Gasteiger partial charge is 0.380 e. The summed E-state index contributed by atoms with van der Waals surface area (Å²) in [6, 6.07) is 9.70. The summed E-state index contributed by atoms with van der Waals surface area (Å²) >= 11 is 0. The summed E-state index contributed by atoms with van der Waals surface area (Å²) < 4.78 is 6.96. The van der Waals surface area contributed by atoms with Gasteiger partial charge in [0.15, 0.2) is 5.82 Å². The number of ether oxygens (including phenoxy) is 1. The molecule has 0 bridgehead atoms. The van der Waals surface area contributed by atoms with Crippen LogP contribution in [0, 0.1) is 0 Å². The standard InChI is InChI=1S/C17H22N4O2/c1-20-9-8-16(19-20)21-10-7-14(11-21)18-17(22)15-6-4-3-5-13(15)12-23-2/h3-6,8-9,14H,7,10-12H2,1-2H3,(H,18,22). The van der Waals surface area contributed by atoms with Crippen LogP contribution < -0.4 is 10.2 Å². The Morgan fingerprint density at radius 2 is 2.22 bits per heavy atom. The molecule has 0 spiro atoms. The Hall–Kier alpha value is -2.34. The van der Waals surface area contributed by atoms with E-state index in [0.29, 0.717) is 12.2 Å². The van der Waals surface area contributed by atoms with Gasteiger partial charge in [-0.3, -0.25) is 9.48 Å². The number of benzene rings is 1. The molecule has 1 fully saturated rings. The predicted octanol–water partition coefficient (Wildman–Crippen LogP) is 1.58. The number of hydrogen-bond donors (Lipinski definition) is 1. The van der Waals surface area contributed by atoms with Crippen LogP contribution in [0.25, 0.3) is 0 Å². The lowest BCUT2D eigenvalue weighted by Crippen LogP contribution is -2.37. The number of carbonyl (C=O) groups is 1. The van der Waals surface area contributed by atoms with Gasteiger partial charge in [0, 0.05) is 51.1 Å². The highest BCUT2D eigenvalue weighted by Gasteiger charge is 2.26. The van der Waals surface area contributed by atoms with Crippen LogP contribution in [-0.2, 0) is 18.4 Å². The molecule has 1 aromatic carbocycles. The fourth-order valence-electron chi connectivity index (χ4n) is 2.94. The maximum Gasteiger partial charge on any atom is 0.251 e. The topological polar surface area (TPSA) is 59.4 Å². The molecule has 6 nitrogen and oxygen atoms in total. The molecule has 3 rings (SSSR count). The zero-order valence-corrected chi connectivity index (χ0v) is 13.5. The van der Waals surface area contributed by atoms with Crippen LogP contribution in [0.4, 0.5) is 5.82 Å². The summed E-state index contributed by atoms with van der Waals surface area (Å²) in [5.41, 5.74) is 1.60. The third kappa shape index (κ3) is 3.53. The normalized spacial score (nSPS) is 17.5. The van der Waals surface area contributed by atoms with Crippen LogP contribution in [0.3, 0.4) is 0 Å². The second-order valence-corrected chi connectivity index (χ2v) is 5.84. The van der Waals surface area contributed by atoms with Gasteiger partial charge >= 0.3 is 0 Å². The first-order valence-corrected chi connectivity index (χ1v) is 7.79. The molecule has 23 heavy (non-hydrogen) atoms. The van der Waals surface area contributed by atoms with Crippen molar-refractivity contribution in [1.82, 2.24) is 15.1 Å². The van der Waals surface area contributed by atoms with Gasteiger partial charge in [-0.1, -0.05) is 18.2 Å². The Bertz CT molecular complexity index is 683. The zero-order valence-electron chi connectivity index (χ0n) is 13.5. The van der Waals surface area contributed by atoms with Crippen molar-refractivity contribution >= 4 is 11.7 Å². The van der Waals surface area contributed by atoms with Gasteiger partial charge in [-0.05, 0) is 18.1 Å². The highest BCUT2D eigenvalue weighted by molar-refractivity contribution is 5.95. The molecule has 1 atom stereocenters. The lowest BCUT2D eigenvalue weighted by Gasteiger charge is -2.17. The molecule has 1 aliphatic heterocycles. The quantitative estimate of drug-likeness (QED) is 0.910. The lowest BCUT2D eigenvalue weighted by molar-refractivity contribution is 0.0935. The molecule has 122 valence electrons. The van der Waals surface area contributed by atoms with E-state index in [1.54, 1.807) is 11.8 Å². The van der Waals surface area contributed by atoms with Crippen molar-refractivity contribution in [3.63, 3.8) is 0 Å². The summed E-state index contributed by atoms with van der Waals surface area (Å²) in [6.07, 6.45) is 2.86. The van der Waals surface area contributed by atoms with Gasteiger partial charge in [0.05, 0.1) is 6.61 Å². The first-order valence-electron chi connectivity index (χ1n) is 7.79. The second kappa shape index (κ2) is 6.83. The van der Waals surface area contributed by atoms with Gasteiger partial charge in [-0.15, -0.1) is 0 Å². The average molecular weight is 314 g/mol. The number of anilines is 1. The van der Waals surface area contributed by atoms with Crippen LogP contribution in [0.1, 0.15) is 22.3 Å². The summed E-state index contributed by atoms with van der Waals surface area (Å²) in [7, 11) is 3.54. The van der Waals surface area contributed by atoms with Crippen LogP contribution in [-0.4, -0.2) is 41.9 Å². The number of nitrogens with one attached hydrogen (secondary N) is 1. The molecule has 1 aromatic heterocycles. The molecule has 1 N–H and O–H groups in total. The Labute approximate surface area is 136 Å². The Balaban J connectivity index is 1.63. The highest BCUT2D eigenvalue weighted by Crippen LogP contribution is 2.18. The van der Waals surface area contributed by atoms with Crippen molar-refractivity contribution in [3.8, 4) is 0 Å². The minimum absolute atomic E-state index is 0.0366. The average Bonchev–Trinajstić information content (AvgIpc) is 3.17. The zero-order chi connectivity index (χ0) is 16.2. The molecule has 1 amide bonds. The number of methoxy groups -OCH3 is 1. The van der Waals surface area contributed by atoms with E-state index < -0.39 is 0 Å². The third-order valence-corrected chi connectivity index (χ3v) is 4.11. The number of nitrogens with zero attached hydrogens (tertiary/aromatic N) is 3. The molecular weight excluding hydrogens is 292 g/mol. The van der Waals surface area contributed by atoms with E-state index in [-0.39, 0.29) is 11.9 Å². The molecule has 0 aliphatic carbocycles. The smallest absolute Gasteiger partial charge is 0.251 e. The van der Waals surface area contributed by atoms with Gasteiger partial charge in [0.1, 0.15) is 0 Å². The molecule has 2 aromatic rings. The third-order valence-electron chi connectivity index (χ3n) is 4.11. The van der Waals surface area contributed by atoms with Crippen molar-refractivity contribution in [2.75, 3.05) is 25.1 Å². The molecule has 6 heteroatoms. The monoisotopic (exact) mass is 314 g/mol. The van der Waals surface area contributed by atoms with E-state index in [4.69, 9.17) is 4.74 Å². The maximum atomic E-state index is 12.5. The number of aryl methyl sites for hydroxylation is 1. The number of rotatable bonds is 5. The Kier molecular flexibility index (Phi) is 4.62. The van der Waals surface area contributed by atoms with Crippen molar-refractivity contribution in [2.45, 2.75) is 19.1 Å². The SMILES string of the molecule is COCc1ccccc1C(=O)NC1CCN(c2ccn(C)n2)C1. The minimum Gasteiger partial charge on any atom is -0.380 e. The van der Waals surface area contributed by atoms with Gasteiger partial charge in [0.2, 0.25) is 0 Å². The van der Waals surface area contributed by atoms with Gasteiger partial charge in [-0.25, -0.2) is 0 Å². The van der Waals surface area contributed by atoms with E-state index in [2.05, 4.69) is 15.3 Å². The fourth-order valence-corrected chi connectivity index (χ4v) is 2.94. The number of hydrogen-bond acceptors (Lipinski definition) is 4. The van der Waals surface area contributed by atoms with Gasteiger partial charge < -0.3 is 15.0 Å². The molecule has 1 unspecified atom stereocenters. The second-order valence-electron chi connectivity index (χ2n) is 5.84. The van der Waals surface area contributed by atoms with Crippen molar-refractivity contribution in [2.24, 2.45) is 7.05 Å². The van der Waals surface area contributed by atoms with E-state index >= 15 is 0 Å². The number of amides is 1. The number of carbonyl (C=O) groups excluding carboxylic acids is 1. The first kappa shape index (κ1) is 15.6. The molecule has 0 saturated carbocycles. The minimum atomic E-state index is -0.0366. The molecule has 2 heterocycles. The highest BCUT2D eigenvalue weighted by atomic mass is 16.5. The maximum absolute atomic E-state index is 12.5. The number of aromatic nitrogens is 2. The molecule has 1 aliphatic rings. The lowest BCUT2D eigenvalue weighted by atomic mass is 10.1. The van der Waals surface area contributed by atoms with Crippen LogP contribution in [0.15, 0.2) is 36.5 Å². The predicted molar refractivity (Wildman–Crippen MR) is 88.4 cm³/mol. The van der Waals surface area contributed by atoms with E-state index in [1.807, 2.05) is 43.6 Å². The van der Waals surface area contributed by atoms with E-state index in [1.165, 1.54) is 0 Å². The summed E-state index contributed by atoms with van der Waals surface area (Å²) in [6.45, 7) is 2.13. The van der Waals surface area contributed by atoms with Crippen molar-refractivity contribution in [3.05, 3.63) is 47.7 Å². The van der Waals surface area contributed by atoms with Gasteiger partial charge in [0.25, 0.3) is 5.91 Å². The molecule has 0 radical (unpaired) electrons. The first-order chi connectivity index (χ1) is 11.2. The van der Waals surface area contributed by atoms with Crippen molar-refractivity contribution < 1.29 is 9.53 Å². The summed E-state index contributed by atoms with van der Waals surface area (Å²) in [5.74, 6) is 0.926. The van der Waals surface area contributed by atoms with Crippen LogP contribution in [0.2, 0.25) is 0 Å². The molecular formula is C17H22N4O2. The summed E-state index contributed by atoms with van der Waals surface area (Å²) in [4.78, 5) is 14.7. The van der Waals surface area contributed by atoms with E-state index in [9.17, 15) is 4.79 Å². The Morgan fingerprint density at radius 3 is 2.96 bits per heavy atom. The fraction of sp³-hybridized carbons (Fsp3) is 0.412. The van der Waals surface area contributed by atoms with Crippen LogP contribution >= 0.6 is 0 Å². The van der Waals surface area contributed by atoms with E-state index in [0.717, 1.165) is 30.9 Å². The summed E-state index contributed by atoms with van der Waals surface area (Å²) in [5, 5.41) is 7.55. The van der Waals surface area contributed by atoms with Crippen LogP contribution in [0.5, 0.6) is 0 Å².